The number of methoxy groups -OCH3 is 1. The van der Waals surface area contributed by atoms with Crippen LogP contribution in [0.3, 0.4) is 0 Å². The largest absolute Gasteiger partial charge is 0.504 e. The molecule has 2 rings (SSSR count). The van der Waals surface area contributed by atoms with Gasteiger partial charge in [-0.05, 0) is 12.1 Å². The van der Waals surface area contributed by atoms with Gasteiger partial charge in [0, 0.05) is 10.5 Å². The number of aromatic hydroxyl groups is 1. The van der Waals surface area contributed by atoms with E-state index in [1.54, 1.807) is 18.2 Å². The van der Waals surface area contributed by atoms with E-state index in [4.69, 9.17) is 9.26 Å². The van der Waals surface area contributed by atoms with Gasteiger partial charge in [0.15, 0.2) is 17.3 Å². The summed E-state index contributed by atoms with van der Waals surface area (Å²) in [7, 11) is 1.49. The molecule has 5 heteroatoms. The topological polar surface area (TPSA) is 55.5 Å². The quantitative estimate of drug-likeness (QED) is 0.911. The monoisotopic (exact) mass is 269 g/mol. The van der Waals surface area contributed by atoms with Crippen LogP contribution in [0.15, 0.2) is 33.4 Å². The molecule has 0 aliphatic heterocycles. The molecule has 1 aromatic heterocycles. The van der Waals surface area contributed by atoms with Crippen LogP contribution in [-0.4, -0.2) is 17.4 Å². The zero-order valence-electron chi connectivity index (χ0n) is 7.90. The van der Waals surface area contributed by atoms with Gasteiger partial charge >= 0.3 is 0 Å². The highest BCUT2D eigenvalue weighted by atomic mass is 79.9. The number of phenolic OH excluding ortho intramolecular Hbond substituents is 1. The van der Waals surface area contributed by atoms with E-state index >= 15 is 0 Å². The maximum absolute atomic E-state index is 9.85. The molecule has 1 N–H and O–H groups in total. The Balaban J connectivity index is 2.61. The lowest BCUT2D eigenvalue weighted by molar-refractivity contribution is 0.371. The molecule has 0 aliphatic rings. The number of phenols is 1. The van der Waals surface area contributed by atoms with Gasteiger partial charge in [0.25, 0.3) is 0 Å². The van der Waals surface area contributed by atoms with Crippen molar-refractivity contribution in [1.82, 2.24) is 5.16 Å². The summed E-state index contributed by atoms with van der Waals surface area (Å²) in [6, 6.07) is 5.08. The van der Waals surface area contributed by atoms with Crippen molar-refractivity contribution in [2.24, 2.45) is 0 Å². The van der Waals surface area contributed by atoms with Gasteiger partial charge in [0.1, 0.15) is 0 Å². The summed E-state index contributed by atoms with van der Waals surface area (Å²) in [6.07, 6.45) is 1.52. The number of aromatic nitrogens is 1. The fourth-order valence-corrected chi connectivity index (χ4v) is 1.71. The standard InChI is InChI=1S/C10H8BrNO3/c1-14-9-5-6(11)4-7(10(9)13)8-2-3-12-15-8/h2-5,13H,1H3. The fourth-order valence-electron chi connectivity index (χ4n) is 1.27. The van der Waals surface area contributed by atoms with Gasteiger partial charge in [-0.25, -0.2) is 0 Å². The van der Waals surface area contributed by atoms with Crippen molar-refractivity contribution in [3.63, 3.8) is 0 Å². The van der Waals surface area contributed by atoms with E-state index in [2.05, 4.69) is 21.1 Å². The van der Waals surface area contributed by atoms with Gasteiger partial charge in [-0.2, -0.15) is 0 Å². The lowest BCUT2D eigenvalue weighted by Crippen LogP contribution is -1.86. The van der Waals surface area contributed by atoms with E-state index in [1.165, 1.54) is 13.3 Å². The summed E-state index contributed by atoms with van der Waals surface area (Å²) in [5.41, 5.74) is 0.540. The number of rotatable bonds is 2. The van der Waals surface area contributed by atoms with Crippen LogP contribution in [-0.2, 0) is 0 Å². The molecule has 0 radical (unpaired) electrons. The third-order valence-corrected chi connectivity index (χ3v) is 2.42. The number of hydrogen-bond acceptors (Lipinski definition) is 4. The smallest absolute Gasteiger partial charge is 0.170 e. The molecule has 0 saturated carbocycles. The minimum atomic E-state index is 0.0393. The van der Waals surface area contributed by atoms with Crippen molar-refractivity contribution >= 4 is 15.9 Å². The zero-order valence-corrected chi connectivity index (χ0v) is 9.48. The summed E-state index contributed by atoms with van der Waals surface area (Å²) in [6.45, 7) is 0. The Hall–Kier alpha value is -1.49. The molecule has 0 amide bonds. The Kier molecular flexibility index (Phi) is 2.64. The normalized spacial score (nSPS) is 10.3. The van der Waals surface area contributed by atoms with E-state index < -0.39 is 0 Å². The number of hydrogen-bond donors (Lipinski definition) is 1. The molecule has 0 atom stereocenters. The molecule has 0 bridgehead atoms. The molecular weight excluding hydrogens is 262 g/mol. The van der Waals surface area contributed by atoms with Crippen molar-refractivity contribution in [2.45, 2.75) is 0 Å². The predicted octanol–water partition coefficient (Wildman–Crippen LogP) is 2.82. The molecule has 0 fully saturated rings. The highest BCUT2D eigenvalue weighted by molar-refractivity contribution is 9.10. The van der Waals surface area contributed by atoms with Crippen LogP contribution in [0.1, 0.15) is 0 Å². The number of nitrogens with zero attached hydrogens (tertiary/aromatic N) is 1. The predicted molar refractivity (Wildman–Crippen MR) is 57.9 cm³/mol. The summed E-state index contributed by atoms with van der Waals surface area (Å²) >= 11 is 3.32. The summed E-state index contributed by atoms with van der Waals surface area (Å²) in [5, 5.41) is 13.4. The van der Waals surface area contributed by atoms with Crippen molar-refractivity contribution in [3.05, 3.63) is 28.9 Å². The van der Waals surface area contributed by atoms with E-state index in [9.17, 15) is 5.11 Å². The first-order chi connectivity index (χ1) is 7.22. The van der Waals surface area contributed by atoms with Gasteiger partial charge in [-0.1, -0.05) is 21.1 Å². The lowest BCUT2D eigenvalue weighted by Gasteiger charge is -2.07. The van der Waals surface area contributed by atoms with Crippen molar-refractivity contribution in [3.8, 4) is 22.8 Å². The van der Waals surface area contributed by atoms with Gasteiger partial charge in [0.2, 0.25) is 0 Å². The van der Waals surface area contributed by atoms with Crippen LogP contribution >= 0.6 is 15.9 Å². The minimum Gasteiger partial charge on any atom is -0.504 e. The SMILES string of the molecule is COc1cc(Br)cc(-c2ccno2)c1O. The molecule has 2 aromatic rings. The van der Waals surface area contributed by atoms with E-state index in [0.717, 1.165) is 4.47 Å². The van der Waals surface area contributed by atoms with Crippen LogP contribution in [0.4, 0.5) is 0 Å². The molecule has 4 nitrogen and oxygen atoms in total. The Morgan fingerprint density at radius 1 is 1.47 bits per heavy atom. The third kappa shape index (κ3) is 1.83. The van der Waals surface area contributed by atoms with Crippen LogP contribution < -0.4 is 4.74 Å². The number of halogens is 1. The molecule has 0 unspecified atom stereocenters. The minimum absolute atomic E-state index is 0.0393. The van der Waals surface area contributed by atoms with Gasteiger partial charge in [0.05, 0.1) is 18.9 Å². The van der Waals surface area contributed by atoms with E-state index in [0.29, 0.717) is 17.1 Å². The average molecular weight is 270 g/mol. The van der Waals surface area contributed by atoms with Crippen molar-refractivity contribution in [1.29, 1.82) is 0 Å². The summed E-state index contributed by atoms with van der Waals surface area (Å²) in [5.74, 6) is 0.917. The highest BCUT2D eigenvalue weighted by Gasteiger charge is 2.13. The van der Waals surface area contributed by atoms with Crippen LogP contribution in [0.25, 0.3) is 11.3 Å². The molecule has 0 aliphatic carbocycles. The molecule has 15 heavy (non-hydrogen) atoms. The molecular formula is C10H8BrNO3. The van der Waals surface area contributed by atoms with Gasteiger partial charge in [-0.3, -0.25) is 0 Å². The summed E-state index contributed by atoms with van der Waals surface area (Å²) < 4.78 is 10.8. The maximum atomic E-state index is 9.85. The maximum Gasteiger partial charge on any atom is 0.170 e. The Morgan fingerprint density at radius 2 is 2.27 bits per heavy atom. The Morgan fingerprint density at radius 3 is 2.87 bits per heavy atom. The fraction of sp³-hybridized carbons (Fsp3) is 0.100. The van der Waals surface area contributed by atoms with Gasteiger partial charge in [-0.15, -0.1) is 0 Å². The van der Waals surface area contributed by atoms with Crippen molar-refractivity contribution in [2.75, 3.05) is 7.11 Å². The van der Waals surface area contributed by atoms with Gasteiger partial charge < -0.3 is 14.4 Å². The molecule has 0 spiro atoms. The molecule has 1 heterocycles. The van der Waals surface area contributed by atoms with Crippen LogP contribution in [0.5, 0.6) is 11.5 Å². The van der Waals surface area contributed by atoms with E-state index in [-0.39, 0.29) is 5.75 Å². The number of ether oxygens (including phenoxy) is 1. The highest BCUT2D eigenvalue weighted by Crippen LogP contribution is 2.39. The van der Waals surface area contributed by atoms with E-state index in [1.807, 2.05) is 0 Å². The molecule has 1 aromatic carbocycles. The molecule has 78 valence electrons. The second-order valence-electron chi connectivity index (χ2n) is 2.88. The first-order valence-corrected chi connectivity index (χ1v) is 4.99. The Labute approximate surface area is 94.6 Å². The average Bonchev–Trinajstić information content (AvgIpc) is 2.74. The number of benzene rings is 1. The lowest BCUT2D eigenvalue weighted by atomic mass is 10.1. The Bertz CT molecular complexity index is 468. The second-order valence-corrected chi connectivity index (χ2v) is 3.80. The first kappa shape index (κ1) is 10.0. The van der Waals surface area contributed by atoms with Crippen LogP contribution in [0, 0.1) is 0 Å². The summed E-state index contributed by atoms with van der Waals surface area (Å²) in [4.78, 5) is 0. The van der Waals surface area contributed by atoms with Crippen LogP contribution in [0.2, 0.25) is 0 Å². The first-order valence-electron chi connectivity index (χ1n) is 4.20. The van der Waals surface area contributed by atoms with Crippen molar-refractivity contribution < 1.29 is 14.4 Å². The second kappa shape index (κ2) is 3.94. The third-order valence-electron chi connectivity index (χ3n) is 1.96. The zero-order chi connectivity index (χ0) is 10.8. The molecule has 0 saturated heterocycles.